The number of benzene rings is 1. The monoisotopic (exact) mass is 357 g/mol. The summed E-state index contributed by atoms with van der Waals surface area (Å²) in [6, 6.07) is 7.67. The van der Waals surface area contributed by atoms with Gasteiger partial charge in [0.15, 0.2) is 0 Å². The number of carbonyl (C=O) groups is 1. The van der Waals surface area contributed by atoms with E-state index in [-0.39, 0.29) is 35.8 Å². The van der Waals surface area contributed by atoms with Crippen LogP contribution in [-0.4, -0.2) is 21.7 Å². The number of hydrogen-bond acceptors (Lipinski definition) is 3. The maximum absolute atomic E-state index is 13.2. The topological polar surface area (TPSA) is 64.0 Å². The average molecular weight is 357 g/mol. The number of carbonyl (C=O) groups excluding carboxylic acids is 1. The van der Waals surface area contributed by atoms with Gasteiger partial charge in [0.25, 0.3) is 5.56 Å². The standard InChI is InChI=1S/C20H24FN3O2/c1-12(2)20-17(14-4-6-15(21)7-5-14)10-19(26)24(23-20)11-18(25)22-16-8-13(3)9-16/h4-7,10,12-13,16H,8-9,11H2,1-3H3,(H,22,25). The zero-order chi connectivity index (χ0) is 18.8. The number of halogens is 1. The summed E-state index contributed by atoms with van der Waals surface area (Å²) < 4.78 is 14.4. The SMILES string of the molecule is CC1CC(NC(=O)Cn2nc(C(C)C)c(-c3ccc(F)cc3)cc2=O)C1. The van der Waals surface area contributed by atoms with Crippen molar-refractivity contribution >= 4 is 5.91 Å². The summed E-state index contributed by atoms with van der Waals surface area (Å²) in [5.41, 5.74) is 1.78. The third-order valence-electron chi connectivity index (χ3n) is 4.76. The highest BCUT2D eigenvalue weighted by Crippen LogP contribution is 2.27. The van der Waals surface area contributed by atoms with E-state index in [4.69, 9.17) is 0 Å². The third-order valence-corrected chi connectivity index (χ3v) is 4.76. The summed E-state index contributed by atoms with van der Waals surface area (Å²) in [5.74, 6) is 0.171. The van der Waals surface area contributed by atoms with Crippen molar-refractivity contribution in [3.63, 3.8) is 0 Å². The molecule has 0 radical (unpaired) electrons. The van der Waals surface area contributed by atoms with Crippen LogP contribution in [0.15, 0.2) is 35.1 Å². The highest BCUT2D eigenvalue weighted by molar-refractivity contribution is 5.76. The first-order chi connectivity index (χ1) is 12.3. The van der Waals surface area contributed by atoms with Crippen molar-refractivity contribution in [2.75, 3.05) is 0 Å². The first-order valence-electron chi connectivity index (χ1n) is 9.01. The van der Waals surface area contributed by atoms with Crippen LogP contribution in [0, 0.1) is 11.7 Å². The lowest BCUT2D eigenvalue weighted by molar-refractivity contribution is -0.123. The number of nitrogens with zero attached hydrogens (tertiary/aromatic N) is 2. The average Bonchev–Trinajstić information content (AvgIpc) is 2.55. The van der Waals surface area contributed by atoms with E-state index in [0.29, 0.717) is 17.2 Å². The molecule has 0 unspecified atom stereocenters. The molecular weight excluding hydrogens is 333 g/mol. The van der Waals surface area contributed by atoms with E-state index in [0.717, 1.165) is 18.4 Å². The fourth-order valence-electron chi connectivity index (χ4n) is 3.34. The van der Waals surface area contributed by atoms with Gasteiger partial charge in [-0.05, 0) is 42.4 Å². The first-order valence-corrected chi connectivity index (χ1v) is 9.01. The van der Waals surface area contributed by atoms with Crippen molar-refractivity contribution in [3.8, 4) is 11.1 Å². The summed E-state index contributed by atoms with van der Waals surface area (Å²) in [5, 5.41) is 7.37. The first kappa shape index (κ1) is 18.3. The molecular formula is C20H24FN3O2. The van der Waals surface area contributed by atoms with Gasteiger partial charge < -0.3 is 5.32 Å². The second kappa shape index (κ2) is 7.40. The Kier molecular flexibility index (Phi) is 5.20. The van der Waals surface area contributed by atoms with Crippen LogP contribution in [-0.2, 0) is 11.3 Å². The minimum absolute atomic E-state index is 0.0532. The normalized spacial score (nSPS) is 19.3. The molecule has 0 atom stereocenters. The van der Waals surface area contributed by atoms with Crippen LogP contribution in [0.2, 0.25) is 0 Å². The summed E-state index contributed by atoms with van der Waals surface area (Å²) in [6.45, 7) is 6.00. The summed E-state index contributed by atoms with van der Waals surface area (Å²) in [7, 11) is 0. The molecule has 26 heavy (non-hydrogen) atoms. The molecule has 1 aliphatic rings. The van der Waals surface area contributed by atoms with Gasteiger partial charge in [-0.15, -0.1) is 0 Å². The Balaban J connectivity index is 1.85. The van der Waals surface area contributed by atoms with Crippen molar-refractivity contribution in [2.24, 2.45) is 5.92 Å². The summed E-state index contributed by atoms with van der Waals surface area (Å²) >= 11 is 0. The molecule has 1 aromatic heterocycles. The third kappa shape index (κ3) is 4.00. The summed E-state index contributed by atoms with van der Waals surface area (Å²) in [6.07, 6.45) is 1.96. The fourth-order valence-corrected chi connectivity index (χ4v) is 3.34. The molecule has 1 amide bonds. The summed E-state index contributed by atoms with van der Waals surface area (Å²) in [4.78, 5) is 24.7. The Morgan fingerprint density at radius 3 is 2.54 bits per heavy atom. The van der Waals surface area contributed by atoms with E-state index < -0.39 is 0 Å². The minimum Gasteiger partial charge on any atom is -0.352 e. The smallest absolute Gasteiger partial charge is 0.267 e. The van der Waals surface area contributed by atoms with Crippen LogP contribution in [0.25, 0.3) is 11.1 Å². The number of rotatable bonds is 5. The predicted octanol–water partition coefficient (Wildman–Crippen LogP) is 3.09. The molecule has 1 heterocycles. The second-order valence-corrected chi connectivity index (χ2v) is 7.44. The van der Waals surface area contributed by atoms with Crippen LogP contribution in [0.1, 0.15) is 45.2 Å². The van der Waals surface area contributed by atoms with Gasteiger partial charge in [-0.3, -0.25) is 9.59 Å². The minimum atomic E-state index is -0.342. The zero-order valence-electron chi connectivity index (χ0n) is 15.3. The van der Waals surface area contributed by atoms with Crippen LogP contribution in [0.5, 0.6) is 0 Å². The lowest BCUT2D eigenvalue weighted by Crippen LogP contribution is -2.45. The van der Waals surface area contributed by atoms with E-state index in [1.54, 1.807) is 12.1 Å². The van der Waals surface area contributed by atoms with Gasteiger partial charge in [-0.25, -0.2) is 9.07 Å². The quantitative estimate of drug-likeness (QED) is 0.894. The molecule has 0 aliphatic heterocycles. The predicted molar refractivity (Wildman–Crippen MR) is 98.3 cm³/mol. The number of amides is 1. The molecule has 1 N–H and O–H groups in total. The number of hydrogen-bond donors (Lipinski definition) is 1. The molecule has 3 rings (SSSR count). The van der Waals surface area contributed by atoms with E-state index in [2.05, 4.69) is 17.3 Å². The van der Waals surface area contributed by atoms with Crippen molar-refractivity contribution in [2.45, 2.75) is 52.1 Å². The molecule has 1 saturated carbocycles. The molecule has 5 nitrogen and oxygen atoms in total. The largest absolute Gasteiger partial charge is 0.352 e. The molecule has 0 spiro atoms. The highest BCUT2D eigenvalue weighted by atomic mass is 19.1. The number of aromatic nitrogens is 2. The zero-order valence-corrected chi connectivity index (χ0v) is 15.3. The van der Waals surface area contributed by atoms with Gasteiger partial charge in [0.1, 0.15) is 12.4 Å². The van der Waals surface area contributed by atoms with E-state index in [9.17, 15) is 14.0 Å². The molecule has 6 heteroatoms. The van der Waals surface area contributed by atoms with Crippen LogP contribution in [0.4, 0.5) is 4.39 Å². The van der Waals surface area contributed by atoms with Gasteiger partial charge in [-0.2, -0.15) is 5.10 Å². The van der Waals surface area contributed by atoms with Crippen molar-refractivity contribution in [1.82, 2.24) is 15.1 Å². The van der Waals surface area contributed by atoms with Gasteiger partial charge in [0.2, 0.25) is 5.91 Å². The molecule has 1 fully saturated rings. The fraction of sp³-hybridized carbons (Fsp3) is 0.450. The maximum Gasteiger partial charge on any atom is 0.267 e. The van der Waals surface area contributed by atoms with Gasteiger partial charge in [0.05, 0.1) is 5.69 Å². The maximum atomic E-state index is 13.2. The molecule has 0 saturated heterocycles. The van der Waals surface area contributed by atoms with Gasteiger partial charge in [-0.1, -0.05) is 32.9 Å². The van der Waals surface area contributed by atoms with Crippen molar-refractivity contribution in [1.29, 1.82) is 0 Å². The highest BCUT2D eigenvalue weighted by Gasteiger charge is 2.26. The number of nitrogens with one attached hydrogen (secondary N) is 1. The van der Waals surface area contributed by atoms with Crippen LogP contribution < -0.4 is 10.9 Å². The van der Waals surface area contributed by atoms with Crippen molar-refractivity contribution in [3.05, 3.63) is 52.2 Å². The van der Waals surface area contributed by atoms with E-state index in [1.807, 2.05) is 13.8 Å². The van der Waals surface area contributed by atoms with Gasteiger partial charge in [0, 0.05) is 17.7 Å². The van der Waals surface area contributed by atoms with Crippen LogP contribution in [0.3, 0.4) is 0 Å². The Morgan fingerprint density at radius 2 is 1.96 bits per heavy atom. The molecule has 138 valence electrons. The van der Waals surface area contributed by atoms with Crippen molar-refractivity contribution < 1.29 is 9.18 Å². The lowest BCUT2D eigenvalue weighted by atomic mass is 9.82. The molecule has 1 aliphatic carbocycles. The van der Waals surface area contributed by atoms with E-state index >= 15 is 0 Å². The molecule has 0 bridgehead atoms. The Bertz CT molecular complexity index is 852. The molecule has 1 aromatic carbocycles. The Labute approximate surface area is 152 Å². The lowest BCUT2D eigenvalue weighted by Gasteiger charge is -2.33. The Morgan fingerprint density at radius 1 is 1.31 bits per heavy atom. The van der Waals surface area contributed by atoms with E-state index in [1.165, 1.54) is 22.9 Å². The van der Waals surface area contributed by atoms with Crippen LogP contribution >= 0.6 is 0 Å². The second-order valence-electron chi connectivity index (χ2n) is 7.44. The Hall–Kier alpha value is -2.50. The molecule has 2 aromatic rings. The van der Waals surface area contributed by atoms with Gasteiger partial charge >= 0.3 is 0 Å².